The maximum Gasteiger partial charge on any atom is 0.344 e. The van der Waals surface area contributed by atoms with E-state index in [2.05, 4.69) is 0 Å². The van der Waals surface area contributed by atoms with Crippen molar-refractivity contribution in [1.29, 1.82) is 0 Å². The fourth-order valence-corrected chi connectivity index (χ4v) is 6.03. The van der Waals surface area contributed by atoms with Crippen molar-refractivity contribution in [2.45, 2.75) is 46.6 Å². The minimum absolute atomic E-state index is 0.160. The van der Waals surface area contributed by atoms with E-state index in [-0.39, 0.29) is 31.0 Å². The second-order valence-corrected chi connectivity index (χ2v) is 11.0. The summed E-state index contributed by atoms with van der Waals surface area (Å²) in [6.07, 6.45) is 2.95. The Balaban J connectivity index is 1.89. The molecule has 2 aromatic carbocycles. The number of rotatable bonds is 13. The molecule has 1 aliphatic rings. The Hall–Kier alpha value is -4.09. The maximum atomic E-state index is 14.1. The molecule has 1 aliphatic heterocycles. The van der Waals surface area contributed by atoms with Gasteiger partial charge < -0.3 is 23.7 Å². The lowest BCUT2D eigenvalue weighted by Crippen LogP contribution is -2.40. The van der Waals surface area contributed by atoms with Crippen molar-refractivity contribution in [3.05, 3.63) is 83.5 Å². The number of halogens is 1. The van der Waals surface area contributed by atoms with Gasteiger partial charge in [-0.2, -0.15) is 0 Å². The molecule has 44 heavy (non-hydrogen) atoms. The third-order valence-corrected chi connectivity index (χ3v) is 7.81. The molecule has 0 saturated carbocycles. The van der Waals surface area contributed by atoms with E-state index in [1.807, 2.05) is 13.8 Å². The van der Waals surface area contributed by atoms with Crippen LogP contribution >= 0.6 is 22.9 Å². The first kappa shape index (κ1) is 32.8. The number of esters is 2. The van der Waals surface area contributed by atoms with E-state index < -0.39 is 18.0 Å². The monoisotopic (exact) mass is 642 g/mol. The zero-order valence-electron chi connectivity index (χ0n) is 25.3. The predicted octanol–water partition coefficient (Wildman–Crippen LogP) is 4.58. The lowest BCUT2D eigenvalue weighted by molar-refractivity contribution is -0.145. The highest BCUT2D eigenvalue weighted by Crippen LogP contribution is 2.38. The molecule has 0 radical (unpaired) electrons. The number of nitrogens with zero attached hydrogens (tertiary/aromatic N) is 2. The zero-order valence-corrected chi connectivity index (χ0v) is 26.9. The largest absolute Gasteiger partial charge is 0.496 e. The van der Waals surface area contributed by atoms with Crippen LogP contribution in [0.3, 0.4) is 0 Å². The van der Waals surface area contributed by atoms with Crippen LogP contribution in [0.15, 0.2) is 57.5 Å². The maximum absolute atomic E-state index is 14.1. The van der Waals surface area contributed by atoms with Gasteiger partial charge in [0.2, 0.25) is 0 Å². The van der Waals surface area contributed by atoms with Gasteiger partial charge in [0.15, 0.2) is 22.9 Å². The number of carbonyl (C=O) groups is 2. The standard InChI is InChI=1S/C32H35ClN2O8S/c1-6-10-22-28(31(38)42-9-4)29(21-17-20(33)12-14-23(21)39-5)35-30(37)26(44-32(35)34-22)16-19-11-13-24(25(15-19)40-7-2)43-18-27(36)41-8-3/h11-17,29H,6-10,18H2,1-5H3/b26-16+/t29-/m0/s1. The van der Waals surface area contributed by atoms with Crippen molar-refractivity contribution >= 4 is 41.0 Å². The van der Waals surface area contributed by atoms with Crippen molar-refractivity contribution in [3.8, 4) is 17.2 Å². The van der Waals surface area contributed by atoms with Crippen molar-refractivity contribution in [1.82, 2.24) is 4.57 Å². The van der Waals surface area contributed by atoms with Crippen LogP contribution in [0.5, 0.6) is 17.2 Å². The molecule has 0 fully saturated rings. The van der Waals surface area contributed by atoms with Crippen LogP contribution in [0.4, 0.5) is 0 Å². The summed E-state index contributed by atoms with van der Waals surface area (Å²) in [6.45, 7) is 7.78. The minimum atomic E-state index is -0.875. The molecule has 1 aromatic heterocycles. The predicted molar refractivity (Wildman–Crippen MR) is 167 cm³/mol. The van der Waals surface area contributed by atoms with Crippen LogP contribution in [0.25, 0.3) is 6.08 Å². The minimum Gasteiger partial charge on any atom is -0.496 e. The van der Waals surface area contributed by atoms with Gasteiger partial charge in [-0.05, 0) is 69.2 Å². The molecule has 3 aromatic rings. The van der Waals surface area contributed by atoms with Crippen LogP contribution in [0.2, 0.25) is 5.02 Å². The molecular weight excluding hydrogens is 608 g/mol. The van der Waals surface area contributed by atoms with Crippen LogP contribution < -0.4 is 29.1 Å². The van der Waals surface area contributed by atoms with Crippen LogP contribution in [0.1, 0.15) is 57.7 Å². The van der Waals surface area contributed by atoms with Gasteiger partial charge >= 0.3 is 11.9 Å². The highest BCUT2D eigenvalue weighted by atomic mass is 35.5. The van der Waals surface area contributed by atoms with Gasteiger partial charge in [0.1, 0.15) is 11.8 Å². The number of aromatic nitrogens is 1. The van der Waals surface area contributed by atoms with Crippen LogP contribution in [-0.4, -0.2) is 50.0 Å². The van der Waals surface area contributed by atoms with Gasteiger partial charge in [0.25, 0.3) is 5.56 Å². The van der Waals surface area contributed by atoms with Crippen molar-refractivity contribution in [2.75, 3.05) is 33.5 Å². The Kier molecular flexibility index (Phi) is 11.2. The fourth-order valence-electron chi connectivity index (χ4n) is 4.83. The number of thiazole rings is 1. The first-order chi connectivity index (χ1) is 21.3. The SMILES string of the molecule is CCCC1=C(C(=O)OCC)[C@H](c2cc(Cl)ccc2OC)n2c(s/c(=C/c3ccc(OCC(=O)OCC)c(OCC)c3)c2=O)=N1. The number of hydrogen-bond donors (Lipinski definition) is 0. The van der Waals surface area contributed by atoms with E-state index in [1.54, 1.807) is 56.3 Å². The Bertz CT molecular complexity index is 1740. The summed E-state index contributed by atoms with van der Waals surface area (Å²) in [5.41, 5.74) is 1.68. The summed E-state index contributed by atoms with van der Waals surface area (Å²) in [5, 5.41) is 0.425. The number of hydrogen-bond acceptors (Lipinski definition) is 10. The average molecular weight is 643 g/mol. The summed E-state index contributed by atoms with van der Waals surface area (Å²) in [5.74, 6) is 0.203. The van der Waals surface area contributed by atoms with Crippen molar-refractivity contribution < 1.29 is 33.3 Å². The Morgan fingerprint density at radius 2 is 1.73 bits per heavy atom. The Morgan fingerprint density at radius 1 is 0.977 bits per heavy atom. The smallest absolute Gasteiger partial charge is 0.344 e. The van der Waals surface area contributed by atoms with E-state index >= 15 is 0 Å². The number of fused-ring (bicyclic) bond motifs is 1. The molecule has 0 bridgehead atoms. The fraction of sp³-hybridized carbons (Fsp3) is 0.375. The summed E-state index contributed by atoms with van der Waals surface area (Å²) in [6, 6.07) is 9.36. The lowest BCUT2D eigenvalue weighted by Gasteiger charge is -2.27. The Labute approximate surface area is 264 Å². The molecule has 10 nitrogen and oxygen atoms in total. The summed E-state index contributed by atoms with van der Waals surface area (Å²) >= 11 is 7.62. The third kappa shape index (κ3) is 7.16. The Morgan fingerprint density at radius 3 is 2.41 bits per heavy atom. The second kappa shape index (κ2) is 15.1. The van der Waals surface area contributed by atoms with Crippen LogP contribution in [0, 0.1) is 0 Å². The van der Waals surface area contributed by atoms with Gasteiger partial charge in [-0.25, -0.2) is 14.6 Å². The molecule has 234 valence electrons. The highest BCUT2D eigenvalue weighted by Gasteiger charge is 2.36. The third-order valence-electron chi connectivity index (χ3n) is 6.59. The quantitative estimate of drug-likeness (QED) is 0.249. The zero-order chi connectivity index (χ0) is 31.8. The molecule has 0 saturated heterocycles. The van der Waals surface area contributed by atoms with E-state index in [9.17, 15) is 14.4 Å². The molecule has 1 atom stereocenters. The normalized spacial score (nSPS) is 14.5. The molecule has 12 heteroatoms. The van der Waals surface area contributed by atoms with Crippen LogP contribution in [-0.2, 0) is 19.1 Å². The van der Waals surface area contributed by atoms with E-state index in [0.717, 1.165) is 6.42 Å². The van der Waals surface area contributed by atoms with Gasteiger partial charge in [-0.3, -0.25) is 9.36 Å². The van der Waals surface area contributed by atoms with E-state index in [4.69, 9.17) is 40.3 Å². The van der Waals surface area contributed by atoms with Gasteiger partial charge in [-0.15, -0.1) is 0 Å². The summed E-state index contributed by atoms with van der Waals surface area (Å²) in [7, 11) is 1.52. The topological polar surface area (TPSA) is 115 Å². The molecule has 0 amide bonds. The summed E-state index contributed by atoms with van der Waals surface area (Å²) in [4.78, 5) is 44.6. The molecule has 2 heterocycles. The molecule has 0 N–H and O–H groups in total. The molecule has 0 spiro atoms. The van der Waals surface area contributed by atoms with Crippen molar-refractivity contribution in [2.24, 2.45) is 4.99 Å². The van der Waals surface area contributed by atoms with Crippen molar-refractivity contribution in [3.63, 3.8) is 0 Å². The molecule has 0 unspecified atom stereocenters. The number of allylic oxidation sites excluding steroid dienone is 1. The van der Waals surface area contributed by atoms with Gasteiger partial charge in [-0.1, -0.05) is 42.3 Å². The van der Waals surface area contributed by atoms with E-state index in [0.29, 0.717) is 61.5 Å². The molecule has 0 aliphatic carbocycles. The molecule has 4 rings (SSSR count). The molecular formula is C32H35ClN2O8S. The number of methoxy groups -OCH3 is 1. The number of benzene rings is 2. The summed E-state index contributed by atoms with van der Waals surface area (Å²) < 4.78 is 29.3. The number of carbonyl (C=O) groups excluding carboxylic acids is 2. The lowest BCUT2D eigenvalue weighted by atomic mass is 9.93. The van der Waals surface area contributed by atoms with Gasteiger partial charge in [0, 0.05) is 10.6 Å². The number of ether oxygens (including phenoxy) is 5. The van der Waals surface area contributed by atoms with Gasteiger partial charge in [0.05, 0.1) is 42.7 Å². The highest BCUT2D eigenvalue weighted by molar-refractivity contribution is 7.07. The van der Waals surface area contributed by atoms with E-state index in [1.165, 1.54) is 23.0 Å². The first-order valence-electron chi connectivity index (χ1n) is 14.4. The average Bonchev–Trinajstić information content (AvgIpc) is 3.30. The second-order valence-electron chi connectivity index (χ2n) is 9.53. The first-order valence-corrected chi connectivity index (χ1v) is 15.6.